The van der Waals surface area contributed by atoms with E-state index in [1.165, 1.54) is 17.0 Å². The number of nitrogens with zero attached hydrogens (tertiary/aromatic N) is 3. The van der Waals surface area contributed by atoms with Gasteiger partial charge >= 0.3 is 5.69 Å². The van der Waals surface area contributed by atoms with Gasteiger partial charge in [0.1, 0.15) is 5.82 Å². The molecule has 0 atom stereocenters. The predicted molar refractivity (Wildman–Crippen MR) is 101 cm³/mol. The molecule has 1 aliphatic heterocycles. The molecule has 1 aromatic heterocycles. The smallest absolute Gasteiger partial charge is 0.331 e. The number of carbonyl (C=O) groups is 1. The van der Waals surface area contributed by atoms with Crippen LogP contribution >= 0.6 is 11.8 Å². The van der Waals surface area contributed by atoms with Gasteiger partial charge in [-0.3, -0.25) is 18.7 Å². The van der Waals surface area contributed by atoms with Crippen LogP contribution in [-0.2, 0) is 19.6 Å². The summed E-state index contributed by atoms with van der Waals surface area (Å²) < 4.78 is 15.2. The van der Waals surface area contributed by atoms with Gasteiger partial charge in [0.05, 0.1) is 0 Å². The summed E-state index contributed by atoms with van der Waals surface area (Å²) in [6.07, 6.45) is 0. The summed E-state index contributed by atoms with van der Waals surface area (Å²) in [6, 6.07) is 5.72. The van der Waals surface area contributed by atoms with Crippen LogP contribution in [0.3, 0.4) is 0 Å². The van der Waals surface area contributed by atoms with Gasteiger partial charge in [-0.2, -0.15) is 11.8 Å². The van der Waals surface area contributed by atoms with Crippen LogP contribution in [0.1, 0.15) is 23.0 Å². The zero-order valence-electron chi connectivity index (χ0n) is 14.9. The molecule has 144 valence electrons. The first-order chi connectivity index (χ1) is 12.9. The van der Waals surface area contributed by atoms with Crippen molar-refractivity contribution in [3.8, 4) is 5.75 Å². The molecule has 1 aliphatic rings. The lowest BCUT2D eigenvalue weighted by atomic mass is 10.1. The molecule has 27 heavy (non-hydrogen) atoms. The van der Waals surface area contributed by atoms with Crippen LogP contribution in [0.4, 0.5) is 4.39 Å². The molecule has 0 spiro atoms. The van der Waals surface area contributed by atoms with Crippen molar-refractivity contribution in [1.82, 2.24) is 14.0 Å². The topological polar surface area (TPSA) is 84.5 Å². The van der Waals surface area contributed by atoms with Crippen molar-refractivity contribution in [3.63, 3.8) is 0 Å². The second-order valence-corrected chi connectivity index (χ2v) is 7.53. The summed E-state index contributed by atoms with van der Waals surface area (Å²) in [5.74, 6) is -0.254. The molecule has 1 aromatic carbocycles. The second kappa shape index (κ2) is 7.99. The quantitative estimate of drug-likeness (QED) is 0.747. The Morgan fingerprint density at radius 1 is 1.15 bits per heavy atom. The van der Waals surface area contributed by atoms with Crippen molar-refractivity contribution in [2.24, 2.45) is 0 Å². The standard InChI is InChI=1S/C18H20FN3O4S/c1-2-27-10-9-22-17(25)15(23)14-16(24)20(7-8-21(14)18(22)26)11-12-3-5-13(19)6-4-12/h3-6,23H,2,7-11H2,1H3. The number of fused-ring (bicyclic) bond motifs is 1. The highest BCUT2D eigenvalue weighted by Crippen LogP contribution is 2.19. The van der Waals surface area contributed by atoms with Crippen LogP contribution in [-0.4, -0.2) is 43.1 Å². The van der Waals surface area contributed by atoms with Crippen LogP contribution in [0.15, 0.2) is 33.9 Å². The number of rotatable bonds is 6. The van der Waals surface area contributed by atoms with Crippen LogP contribution < -0.4 is 11.2 Å². The van der Waals surface area contributed by atoms with Gasteiger partial charge in [-0.25, -0.2) is 9.18 Å². The van der Waals surface area contributed by atoms with Crippen molar-refractivity contribution in [2.45, 2.75) is 26.6 Å². The van der Waals surface area contributed by atoms with Gasteiger partial charge in [-0.1, -0.05) is 19.1 Å². The van der Waals surface area contributed by atoms with E-state index in [-0.39, 0.29) is 37.7 Å². The van der Waals surface area contributed by atoms with E-state index >= 15 is 0 Å². The highest BCUT2D eigenvalue weighted by Gasteiger charge is 2.31. The molecule has 0 saturated carbocycles. The minimum atomic E-state index is -0.847. The molecule has 0 fully saturated rings. The average Bonchev–Trinajstić information content (AvgIpc) is 2.66. The van der Waals surface area contributed by atoms with Crippen LogP contribution in [0.25, 0.3) is 0 Å². The largest absolute Gasteiger partial charge is 0.501 e. The van der Waals surface area contributed by atoms with Crippen molar-refractivity contribution >= 4 is 17.7 Å². The Labute approximate surface area is 159 Å². The van der Waals surface area contributed by atoms with Gasteiger partial charge in [0.2, 0.25) is 5.75 Å². The molecule has 0 bridgehead atoms. The summed E-state index contributed by atoms with van der Waals surface area (Å²) in [5, 5.41) is 10.3. The Morgan fingerprint density at radius 3 is 2.52 bits per heavy atom. The third-order valence-electron chi connectivity index (χ3n) is 4.44. The Kier molecular flexibility index (Phi) is 5.69. The molecule has 3 rings (SSSR count). The Bertz CT molecular complexity index is 968. The summed E-state index contributed by atoms with van der Waals surface area (Å²) in [6.45, 7) is 2.78. The molecule has 0 saturated heterocycles. The van der Waals surface area contributed by atoms with E-state index in [9.17, 15) is 23.9 Å². The van der Waals surface area contributed by atoms with Crippen LogP contribution in [0.2, 0.25) is 0 Å². The number of carbonyl (C=O) groups excluding carboxylic acids is 1. The fourth-order valence-electron chi connectivity index (χ4n) is 3.04. The Balaban J connectivity index is 1.92. The molecule has 2 aromatic rings. The summed E-state index contributed by atoms with van der Waals surface area (Å²) in [5.41, 5.74) is -0.998. The molecule has 9 heteroatoms. The van der Waals surface area contributed by atoms with Crippen molar-refractivity contribution in [1.29, 1.82) is 0 Å². The van der Waals surface area contributed by atoms with E-state index in [4.69, 9.17) is 0 Å². The van der Waals surface area contributed by atoms with Crippen molar-refractivity contribution in [2.75, 3.05) is 18.1 Å². The molecule has 0 aliphatic carbocycles. The van der Waals surface area contributed by atoms with Gasteiger partial charge < -0.3 is 10.0 Å². The number of halogens is 1. The highest BCUT2D eigenvalue weighted by molar-refractivity contribution is 7.99. The Hall–Kier alpha value is -2.55. The predicted octanol–water partition coefficient (Wildman–Crippen LogP) is 1.26. The lowest BCUT2D eigenvalue weighted by Gasteiger charge is -2.30. The fourth-order valence-corrected chi connectivity index (χ4v) is 3.64. The number of hydrogen-bond acceptors (Lipinski definition) is 5. The number of thioether (sulfide) groups is 1. The lowest BCUT2D eigenvalue weighted by molar-refractivity contribution is 0.0677. The number of aromatic nitrogens is 2. The van der Waals surface area contributed by atoms with Gasteiger partial charge in [0, 0.05) is 31.9 Å². The van der Waals surface area contributed by atoms with Crippen molar-refractivity contribution in [3.05, 3.63) is 62.2 Å². The normalized spacial score (nSPS) is 13.7. The first kappa shape index (κ1) is 19.2. The zero-order valence-corrected chi connectivity index (χ0v) is 15.7. The van der Waals surface area contributed by atoms with E-state index in [0.717, 1.165) is 14.9 Å². The number of benzene rings is 1. The van der Waals surface area contributed by atoms with Gasteiger partial charge in [-0.15, -0.1) is 0 Å². The summed E-state index contributed by atoms with van der Waals surface area (Å²) in [7, 11) is 0. The van der Waals surface area contributed by atoms with E-state index < -0.39 is 22.9 Å². The maximum absolute atomic E-state index is 13.0. The minimum Gasteiger partial charge on any atom is -0.501 e. The zero-order chi connectivity index (χ0) is 19.6. The van der Waals surface area contributed by atoms with E-state index in [1.807, 2.05) is 6.92 Å². The molecular weight excluding hydrogens is 373 g/mol. The number of hydrogen-bond donors (Lipinski definition) is 1. The molecule has 2 heterocycles. The number of aromatic hydroxyl groups is 1. The SMILES string of the molecule is CCSCCn1c(=O)c(O)c2n(c1=O)CCN(Cc1ccc(F)cc1)C2=O. The van der Waals surface area contributed by atoms with Gasteiger partial charge in [0.25, 0.3) is 11.5 Å². The summed E-state index contributed by atoms with van der Waals surface area (Å²) in [4.78, 5) is 39.2. The molecular formula is C18H20FN3O4S. The molecule has 1 amide bonds. The summed E-state index contributed by atoms with van der Waals surface area (Å²) >= 11 is 1.58. The van der Waals surface area contributed by atoms with E-state index in [2.05, 4.69) is 0 Å². The minimum absolute atomic E-state index is 0.176. The second-order valence-electron chi connectivity index (χ2n) is 6.14. The molecule has 0 radical (unpaired) electrons. The monoisotopic (exact) mass is 393 g/mol. The molecule has 0 unspecified atom stereocenters. The molecule has 1 N–H and O–H groups in total. The lowest BCUT2D eigenvalue weighted by Crippen LogP contribution is -2.50. The van der Waals surface area contributed by atoms with Crippen LogP contribution in [0, 0.1) is 5.82 Å². The average molecular weight is 393 g/mol. The van der Waals surface area contributed by atoms with Gasteiger partial charge in [-0.05, 0) is 23.4 Å². The Morgan fingerprint density at radius 2 is 1.85 bits per heavy atom. The third-order valence-corrected chi connectivity index (χ3v) is 5.32. The first-order valence-corrected chi connectivity index (χ1v) is 9.77. The number of amides is 1. The fraction of sp³-hybridized carbons (Fsp3) is 0.389. The van der Waals surface area contributed by atoms with E-state index in [0.29, 0.717) is 11.3 Å². The van der Waals surface area contributed by atoms with Crippen LogP contribution in [0.5, 0.6) is 5.75 Å². The third kappa shape index (κ3) is 3.78. The molecule has 7 nitrogen and oxygen atoms in total. The van der Waals surface area contributed by atoms with Gasteiger partial charge in [0.15, 0.2) is 5.69 Å². The highest BCUT2D eigenvalue weighted by atomic mass is 32.2. The first-order valence-electron chi connectivity index (χ1n) is 8.62. The maximum atomic E-state index is 13.0. The maximum Gasteiger partial charge on any atom is 0.331 e. The van der Waals surface area contributed by atoms with E-state index in [1.54, 1.807) is 23.9 Å². The van der Waals surface area contributed by atoms with Crippen molar-refractivity contribution < 1.29 is 14.3 Å².